The Kier molecular flexibility index (Phi) is 4.29. The van der Waals surface area contributed by atoms with Crippen molar-refractivity contribution in [3.05, 3.63) is 56.3 Å². The molecule has 0 aliphatic carbocycles. The third-order valence-corrected chi connectivity index (χ3v) is 3.65. The van der Waals surface area contributed by atoms with Crippen LogP contribution in [0.4, 0.5) is 20.2 Å². The molecule has 0 fully saturated rings. The molecular formula is C13H12F2N2O2S. The first kappa shape index (κ1) is 14.4. The van der Waals surface area contributed by atoms with E-state index in [0.29, 0.717) is 6.42 Å². The maximum atomic E-state index is 13.7. The molecule has 1 aromatic carbocycles. The van der Waals surface area contributed by atoms with Gasteiger partial charge in [0.05, 0.1) is 4.92 Å². The van der Waals surface area contributed by atoms with E-state index in [1.807, 2.05) is 17.5 Å². The van der Waals surface area contributed by atoms with Crippen LogP contribution in [-0.4, -0.2) is 11.0 Å². The highest BCUT2D eigenvalue weighted by atomic mass is 32.1. The van der Waals surface area contributed by atoms with Gasteiger partial charge in [-0.15, -0.1) is 11.3 Å². The molecule has 20 heavy (non-hydrogen) atoms. The lowest BCUT2D eigenvalue weighted by molar-refractivity contribution is -0.384. The van der Waals surface area contributed by atoms with E-state index in [9.17, 15) is 18.9 Å². The van der Waals surface area contributed by atoms with Gasteiger partial charge in [0.2, 0.25) is 0 Å². The molecule has 1 unspecified atom stereocenters. The van der Waals surface area contributed by atoms with E-state index in [4.69, 9.17) is 0 Å². The van der Waals surface area contributed by atoms with Crippen molar-refractivity contribution in [2.45, 2.75) is 19.4 Å². The summed E-state index contributed by atoms with van der Waals surface area (Å²) in [5.41, 5.74) is -0.874. The second kappa shape index (κ2) is 5.96. The van der Waals surface area contributed by atoms with Gasteiger partial charge in [-0.3, -0.25) is 10.1 Å². The second-order valence-electron chi connectivity index (χ2n) is 4.34. The average Bonchev–Trinajstić information content (AvgIpc) is 2.87. The fourth-order valence-electron chi connectivity index (χ4n) is 1.86. The van der Waals surface area contributed by atoms with Gasteiger partial charge in [-0.05, 0) is 24.4 Å². The number of thiophene rings is 1. The minimum atomic E-state index is -1.22. The van der Waals surface area contributed by atoms with Crippen LogP contribution in [0.25, 0.3) is 0 Å². The minimum Gasteiger partial charge on any atom is -0.374 e. The van der Waals surface area contributed by atoms with Gasteiger partial charge in [0.15, 0.2) is 17.3 Å². The number of hydrogen-bond acceptors (Lipinski definition) is 4. The van der Waals surface area contributed by atoms with Crippen LogP contribution in [0, 0.1) is 21.7 Å². The molecule has 2 rings (SSSR count). The Morgan fingerprint density at radius 1 is 1.40 bits per heavy atom. The monoisotopic (exact) mass is 298 g/mol. The largest absolute Gasteiger partial charge is 0.374 e. The van der Waals surface area contributed by atoms with Gasteiger partial charge in [-0.25, -0.2) is 8.78 Å². The van der Waals surface area contributed by atoms with Gasteiger partial charge in [-0.1, -0.05) is 6.07 Å². The fourth-order valence-corrected chi connectivity index (χ4v) is 2.69. The van der Waals surface area contributed by atoms with Crippen molar-refractivity contribution in [3.8, 4) is 0 Å². The number of nitro groups is 1. The first-order valence-corrected chi connectivity index (χ1v) is 6.78. The minimum absolute atomic E-state index is 0.261. The van der Waals surface area contributed by atoms with Crippen LogP contribution in [0.15, 0.2) is 29.6 Å². The lowest BCUT2D eigenvalue weighted by Crippen LogP contribution is -2.19. The SMILES string of the molecule is CC(Cc1cccs1)Nc1c([N+](=O)[O-])ccc(F)c1F. The molecule has 0 aliphatic rings. The summed E-state index contributed by atoms with van der Waals surface area (Å²) in [6, 6.07) is 5.25. The predicted molar refractivity (Wildman–Crippen MR) is 74.1 cm³/mol. The Labute approximate surface area is 118 Å². The van der Waals surface area contributed by atoms with Crippen molar-refractivity contribution < 1.29 is 13.7 Å². The molecule has 0 aliphatic heterocycles. The number of anilines is 1. The number of nitrogens with one attached hydrogen (secondary N) is 1. The molecule has 0 saturated heterocycles. The quantitative estimate of drug-likeness (QED) is 0.671. The standard InChI is InChI=1S/C13H12F2N2O2S/c1-8(7-9-3-2-6-20-9)16-13-11(17(18)19)5-4-10(14)12(13)15/h2-6,8,16H,7H2,1H3. The second-order valence-corrected chi connectivity index (χ2v) is 5.37. The molecule has 1 heterocycles. The molecule has 1 atom stereocenters. The Bertz CT molecular complexity index is 617. The highest BCUT2D eigenvalue weighted by Gasteiger charge is 2.22. The summed E-state index contributed by atoms with van der Waals surface area (Å²) in [7, 11) is 0. The smallest absolute Gasteiger partial charge is 0.295 e. The van der Waals surface area contributed by atoms with Gasteiger partial charge in [0, 0.05) is 23.4 Å². The molecule has 7 heteroatoms. The van der Waals surface area contributed by atoms with Gasteiger partial charge in [0.25, 0.3) is 5.69 Å². The highest BCUT2D eigenvalue weighted by molar-refractivity contribution is 7.09. The molecule has 0 spiro atoms. The van der Waals surface area contributed by atoms with Gasteiger partial charge >= 0.3 is 0 Å². The van der Waals surface area contributed by atoms with Crippen molar-refractivity contribution in [2.75, 3.05) is 5.32 Å². The Hall–Kier alpha value is -2.02. The van der Waals surface area contributed by atoms with E-state index >= 15 is 0 Å². The molecule has 1 aromatic heterocycles. The Morgan fingerprint density at radius 3 is 2.75 bits per heavy atom. The summed E-state index contributed by atoms with van der Waals surface area (Å²) in [5.74, 6) is -2.33. The van der Waals surface area contributed by atoms with E-state index in [0.717, 1.165) is 17.0 Å². The van der Waals surface area contributed by atoms with Gasteiger partial charge in [-0.2, -0.15) is 0 Å². The zero-order valence-corrected chi connectivity index (χ0v) is 11.4. The predicted octanol–water partition coefficient (Wildman–Crippen LogP) is 3.98. The number of halogens is 2. The third kappa shape index (κ3) is 3.11. The van der Waals surface area contributed by atoms with E-state index in [-0.39, 0.29) is 6.04 Å². The Morgan fingerprint density at radius 2 is 2.15 bits per heavy atom. The summed E-state index contributed by atoms with van der Waals surface area (Å²) in [5, 5.41) is 15.5. The zero-order chi connectivity index (χ0) is 14.7. The van der Waals surface area contributed by atoms with Crippen LogP contribution < -0.4 is 5.32 Å². The topological polar surface area (TPSA) is 55.2 Å². The number of benzene rings is 1. The van der Waals surface area contributed by atoms with Crippen molar-refractivity contribution in [1.29, 1.82) is 0 Å². The molecule has 0 radical (unpaired) electrons. The van der Waals surface area contributed by atoms with Crippen LogP contribution >= 0.6 is 11.3 Å². The zero-order valence-electron chi connectivity index (χ0n) is 10.6. The summed E-state index contributed by atoms with van der Waals surface area (Å²) in [4.78, 5) is 11.2. The molecule has 4 nitrogen and oxygen atoms in total. The van der Waals surface area contributed by atoms with Crippen molar-refractivity contribution in [2.24, 2.45) is 0 Å². The van der Waals surface area contributed by atoms with Crippen molar-refractivity contribution in [1.82, 2.24) is 0 Å². The summed E-state index contributed by atoms with van der Waals surface area (Å²) < 4.78 is 26.9. The van der Waals surface area contributed by atoms with Crippen molar-refractivity contribution >= 4 is 22.7 Å². The third-order valence-electron chi connectivity index (χ3n) is 2.75. The van der Waals surface area contributed by atoms with Crippen LogP contribution in [-0.2, 0) is 6.42 Å². The number of hydrogen-bond donors (Lipinski definition) is 1. The Balaban J connectivity index is 2.23. The maximum Gasteiger partial charge on any atom is 0.295 e. The lowest BCUT2D eigenvalue weighted by Gasteiger charge is -2.15. The van der Waals surface area contributed by atoms with Crippen LogP contribution in [0.2, 0.25) is 0 Å². The molecule has 0 saturated carbocycles. The van der Waals surface area contributed by atoms with Crippen LogP contribution in [0.5, 0.6) is 0 Å². The van der Waals surface area contributed by atoms with E-state index in [1.165, 1.54) is 11.3 Å². The summed E-state index contributed by atoms with van der Waals surface area (Å²) in [6.07, 6.45) is 0.574. The summed E-state index contributed by atoms with van der Waals surface area (Å²) >= 11 is 1.54. The maximum absolute atomic E-state index is 13.7. The number of nitro benzene ring substituents is 1. The fraction of sp³-hybridized carbons (Fsp3) is 0.231. The molecule has 0 amide bonds. The summed E-state index contributed by atoms with van der Waals surface area (Å²) in [6.45, 7) is 1.76. The van der Waals surface area contributed by atoms with E-state index < -0.39 is 27.9 Å². The number of nitrogens with zero attached hydrogens (tertiary/aromatic N) is 1. The van der Waals surface area contributed by atoms with Gasteiger partial charge < -0.3 is 5.32 Å². The molecular weight excluding hydrogens is 286 g/mol. The number of rotatable bonds is 5. The average molecular weight is 298 g/mol. The van der Waals surface area contributed by atoms with Crippen LogP contribution in [0.1, 0.15) is 11.8 Å². The first-order valence-electron chi connectivity index (χ1n) is 5.90. The molecule has 1 N–H and O–H groups in total. The first-order chi connectivity index (χ1) is 9.49. The highest BCUT2D eigenvalue weighted by Crippen LogP contribution is 2.30. The molecule has 0 bridgehead atoms. The van der Waals surface area contributed by atoms with Crippen molar-refractivity contribution in [3.63, 3.8) is 0 Å². The van der Waals surface area contributed by atoms with E-state index in [2.05, 4.69) is 5.32 Å². The molecule has 106 valence electrons. The van der Waals surface area contributed by atoms with Crippen LogP contribution in [0.3, 0.4) is 0 Å². The normalized spacial score (nSPS) is 12.2. The lowest BCUT2D eigenvalue weighted by atomic mass is 10.1. The van der Waals surface area contributed by atoms with Gasteiger partial charge in [0.1, 0.15) is 0 Å². The van der Waals surface area contributed by atoms with E-state index in [1.54, 1.807) is 6.92 Å². The molecule has 2 aromatic rings.